The van der Waals surface area contributed by atoms with Crippen molar-refractivity contribution < 1.29 is 9.72 Å². The molecular formula is C12H18ClN3O3S. The smallest absolute Gasteiger partial charge is 0.324 e. The molecule has 0 saturated carbocycles. The molecule has 112 valence electrons. The number of hydrogen-bond acceptors (Lipinski definition) is 5. The molecular weight excluding hydrogens is 302 g/mol. The Morgan fingerprint density at radius 3 is 2.85 bits per heavy atom. The van der Waals surface area contributed by atoms with Gasteiger partial charge in [-0.1, -0.05) is 18.3 Å². The van der Waals surface area contributed by atoms with E-state index in [0.29, 0.717) is 23.9 Å². The van der Waals surface area contributed by atoms with E-state index in [1.165, 1.54) is 12.1 Å². The molecule has 1 saturated heterocycles. The van der Waals surface area contributed by atoms with Crippen LogP contribution in [0.2, 0.25) is 0 Å². The van der Waals surface area contributed by atoms with Crippen molar-refractivity contribution in [3.8, 4) is 0 Å². The summed E-state index contributed by atoms with van der Waals surface area (Å²) in [5.74, 6) is 0.234. The van der Waals surface area contributed by atoms with Gasteiger partial charge in [0.2, 0.25) is 0 Å². The summed E-state index contributed by atoms with van der Waals surface area (Å²) >= 11 is 0.925. The molecule has 2 N–H and O–H groups in total. The number of likely N-dealkylation sites (tertiary alicyclic amines) is 1. The Hall–Kier alpha value is -1.18. The first kappa shape index (κ1) is 16.9. The van der Waals surface area contributed by atoms with E-state index in [2.05, 4.69) is 6.92 Å². The highest BCUT2D eigenvalue weighted by Gasteiger charge is 2.32. The van der Waals surface area contributed by atoms with Crippen LogP contribution in [0.1, 0.15) is 29.4 Å². The Bertz CT molecular complexity index is 494. The monoisotopic (exact) mass is 319 g/mol. The molecule has 20 heavy (non-hydrogen) atoms. The van der Waals surface area contributed by atoms with E-state index in [1.54, 1.807) is 4.90 Å². The van der Waals surface area contributed by atoms with Crippen LogP contribution in [0.4, 0.5) is 5.00 Å². The van der Waals surface area contributed by atoms with Gasteiger partial charge < -0.3 is 10.6 Å². The van der Waals surface area contributed by atoms with Gasteiger partial charge in [0, 0.05) is 25.2 Å². The van der Waals surface area contributed by atoms with Gasteiger partial charge in [-0.3, -0.25) is 14.9 Å². The summed E-state index contributed by atoms with van der Waals surface area (Å²) in [5, 5.41) is 10.7. The minimum atomic E-state index is -0.472. The minimum Gasteiger partial charge on any atom is -0.333 e. The van der Waals surface area contributed by atoms with Crippen LogP contribution in [0.25, 0.3) is 0 Å². The Balaban J connectivity index is 0.00000200. The molecule has 1 aromatic heterocycles. The normalized spacial score (nSPS) is 22.2. The highest BCUT2D eigenvalue weighted by atomic mass is 35.5. The zero-order chi connectivity index (χ0) is 14.0. The summed E-state index contributed by atoms with van der Waals surface area (Å²) in [6, 6.07) is 2.93. The second kappa shape index (κ2) is 7.01. The van der Waals surface area contributed by atoms with Gasteiger partial charge in [-0.05, 0) is 24.8 Å². The molecule has 1 aliphatic rings. The number of hydrogen-bond donors (Lipinski definition) is 1. The SMILES string of the molecule is CC1CCCN(C(=O)c2ccc([N+](=O)[O-])s2)C1CN.Cl. The van der Waals surface area contributed by atoms with E-state index in [0.717, 1.165) is 24.2 Å². The number of amides is 1. The lowest BCUT2D eigenvalue weighted by atomic mass is 9.90. The fourth-order valence-corrected chi connectivity index (χ4v) is 3.32. The molecule has 2 rings (SSSR count). The molecule has 2 atom stereocenters. The fourth-order valence-electron chi connectivity index (χ4n) is 2.54. The van der Waals surface area contributed by atoms with Gasteiger partial charge >= 0.3 is 5.00 Å². The van der Waals surface area contributed by atoms with Gasteiger partial charge in [-0.15, -0.1) is 12.4 Å². The Morgan fingerprint density at radius 1 is 1.60 bits per heavy atom. The van der Waals surface area contributed by atoms with Crippen LogP contribution in [-0.2, 0) is 0 Å². The summed E-state index contributed by atoms with van der Waals surface area (Å²) in [6.07, 6.45) is 2.02. The van der Waals surface area contributed by atoms with E-state index in [-0.39, 0.29) is 29.4 Å². The molecule has 1 aromatic rings. The molecule has 2 heterocycles. The number of nitro groups is 1. The van der Waals surface area contributed by atoms with Crippen molar-refractivity contribution in [2.24, 2.45) is 11.7 Å². The molecule has 1 aliphatic heterocycles. The Morgan fingerprint density at radius 2 is 2.30 bits per heavy atom. The highest BCUT2D eigenvalue weighted by Crippen LogP contribution is 2.29. The van der Waals surface area contributed by atoms with Gasteiger partial charge in [-0.25, -0.2) is 0 Å². The van der Waals surface area contributed by atoms with Crippen molar-refractivity contribution in [2.75, 3.05) is 13.1 Å². The maximum absolute atomic E-state index is 12.4. The maximum Gasteiger partial charge on any atom is 0.324 e. The maximum atomic E-state index is 12.4. The van der Waals surface area contributed by atoms with Crippen LogP contribution in [0, 0.1) is 16.0 Å². The summed E-state index contributed by atoms with van der Waals surface area (Å²) < 4.78 is 0. The van der Waals surface area contributed by atoms with Crippen molar-refractivity contribution >= 4 is 34.7 Å². The van der Waals surface area contributed by atoms with Crippen molar-refractivity contribution in [3.63, 3.8) is 0 Å². The Labute approximate surface area is 127 Å². The van der Waals surface area contributed by atoms with E-state index in [9.17, 15) is 14.9 Å². The Kier molecular flexibility index (Phi) is 5.91. The molecule has 8 heteroatoms. The molecule has 6 nitrogen and oxygen atoms in total. The second-order valence-electron chi connectivity index (χ2n) is 4.82. The zero-order valence-corrected chi connectivity index (χ0v) is 12.8. The van der Waals surface area contributed by atoms with E-state index < -0.39 is 4.92 Å². The van der Waals surface area contributed by atoms with Crippen LogP contribution in [-0.4, -0.2) is 34.9 Å². The van der Waals surface area contributed by atoms with Crippen LogP contribution < -0.4 is 5.73 Å². The lowest BCUT2D eigenvalue weighted by molar-refractivity contribution is -0.380. The van der Waals surface area contributed by atoms with Crippen molar-refractivity contribution in [2.45, 2.75) is 25.8 Å². The second-order valence-corrected chi connectivity index (χ2v) is 5.88. The fraction of sp³-hybridized carbons (Fsp3) is 0.583. The van der Waals surface area contributed by atoms with Gasteiger partial charge in [0.15, 0.2) is 0 Å². The van der Waals surface area contributed by atoms with Gasteiger partial charge in [0.1, 0.15) is 0 Å². The number of thiophene rings is 1. The predicted molar refractivity (Wildman–Crippen MR) is 80.5 cm³/mol. The predicted octanol–water partition coefficient (Wildman–Crippen LogP) is 2.28. The molecule has 1 amide bonds. The van der Waals surface area contributed by atoms with Crippen molar-refractivity contribution in [1.82, 2.24) is 4.90 Å². The first-order chi connectivity index (χ1) is 9.04. The van der Waals surface area contributed by atoms with E-state index in [1.807, 2.05) is 0 Å². The molecule has 0 aliphatic carbocycles. The first-order valence-electron chi connectivity index (χ1n) is 6.30. The summed E-state index contributed by atoms with van der Waals surface area (Å²) in [5.41, 5.74) is 5.75. The number of piperidine rings is 1. The van der Waals surface area contributed by atoms with Crippen molar-refractivity contribution in [3.05, 3.63) is 27.1 Å². The van der Waals surface area contributed by atoms with Gasteiger partial charge in [0.05, 0.1) is 9.80 Å². The number of carbonyl (C=O) groups excluding carboxylic acids is 1. The molecule has 0 aromatic carbocycles. The minimum absolute atomic E-state index is 0. The summed E-state index contributed by atoms with van der Waals surface area (Å²) in [4.78, 5) is 24.8. The number of carbonyl (C=O) groups is 1. The summed E-state index contributed by atoms with van der Waals surface area (Å²) in [6.45, 7) is 3.20. The van der Waals surface area contributed by atoms with Crippen LogP contribution in [0.5, 0.6) is 0 Å². The number of halogens is 1. The average Bonchev–Trinajstić information content (AvgIpc) is 2.87. The van der Waals surface area contributed by atoms with Crippen LogP contribution >= 0.6 is 23.7 Å². The average molecular weight is 320 g/mol. The summed E-state index contributed by atoms with van der Waals surface area (Å²) in [7, 11) is 0. The topological polar surface area (TPSA) is 89.5 Å². The van der Waals surface area contributed by atoms with Gasteiger partial charge in [0.25, 0.3) is 5.91 Å². The lowest BCUT2D eigenvalue weighted by Gasteiger charge is -2.39. The van der Waals surface area contributed by atoms with Crippen LogP contribution in [0.3, 0.4) is 0 Å². The largest absolute Gasteiger partial charge is 0.333 e. The van der Waals surface area contributed by atoms with E-state index in [4.69, 9.17) is 5.73 Å². The van der Waals surface area contributed by atoms with E-state index >= 15 is 0 Å². The zero-order valence-electron chi connectivity index (χ0n) is 11.2. The van der Waals surface area contributed by atoms with Crippen LogP contribution in [0.15, 0.2) is 12.1 Å². The van der Waals surface area contributed by atoms with Gasteiger partial charge in [-0.2, -0.15) is 0 Å². The third-order valence-corrected chi connectivity index (χ3v) is 4.63. The first-order valence-corrected chi connectivity index (χ1v) is 7.11. The third-order valence-electron chi connectivity index (χ3n) is 3.60. The molecule has 0 spiro atoms. The number of nitrogens with zero attached hydrogens (tertiary/aromatic N) is 2. The molecule has 1 fully saturated rings. The highest BCUT2D eigenvalue weighted by molar-refractivity contribution is 7.17. The molecule has 0 radical (unpaired) electrons. The third kappa shape index (κ3) is 3.28. The lowest BCUT2D eigenvalue weighted by Crippen LogP contribution is -2.51. The standard InChI is InChI=1S/C12H17N3O3S.ClH/c1-8-3-2-6-14(9(8)7-13)12(16)10-4-5-11(19-10)15(17)18;/h4-5,8-9H,2-3,6-7,13H2,1H3;1H. The number of rotatable bonds is 3. The quantitative estimate of drug-likeness (QED) is 0.683. The molecule has 2 unspecified atom stereocenters. The van der Waals surface area contributed by atoms with Crippen molar-refractivity contribution in [1.29, 1.82) is 0 Å². The molecule has 0 bridgehead atoms. The number of nitrogens with two attached hydrogens (primary N) is 1.